The summed E-state index contributed by atoms with van der Waals surface area (Å²) in [5, 5.41) is 0. The van der Waals surface area contributed by atoms with Crippen molar-refractivity contribution >= 4 is 11.9 Å². The molecule has 27 heavy (non-hydrogen) atoms. The fourth-order valence-corrected chi connectivity index (χ4v) is 4.53. The zero-order valence-corrected chi connectivity index (χ0v) is 16.0. The van der Waals surface area contributed by atoms with E-state index in [1.54, 1.807) is 0 Å². The molecule has 2 aliphatic rings. The summed E-state index contributed by atoms with van der Waals surface area (Å²) in [4.78, 5) is 27.5. The van der Waals surface area contributed by atoms with Gasteiger partial charge in [-0.05, 0) is 55.4 Å². The summed E-state index contributed by atoms with van der Waals surface area (Å²) in [6.07, 6.45) is 3.18. The molecule has 1 aliphatic carbocycles. The number of carbonyl (C=O) groups is 2. The Hall–Kier alpha value is -2.62. The molecule has 0 bridgehead atoms. The second kappa shape index (κ2) is 6.84. The normalized spacial score (nSPS) is 21.4. The van der Waals surface area contributed by atoms with Crippen molar-refractivity contribution in [2.45, 2.75) is 39.2 Å². The Kier molecular flexibility index (Phi) is 4.50. The SMILES string of the molecule is COC(=O)c1cccc2c1CC1(CC2)CCN(Cc2ccc(C)cc2)C1=O. The van der Waals surface area contributed by atoms with Gasteiger partial charge in [-0.1, -0.05) is 42.0 Å². The molecule has 4 nitrogen and oxygen atoms in total. The van der Waals surface area contributed by atoms with Gasteiger partial charge < -0.3 is 9.64 Å². The smallest absolute Gasteiger partial charge is 0.338 e. The molecule has 1 saturated heterocycles. The molecule has 1 spiro atoms. The van der Waals surface area contributed by atoms with Crippen LogP contribution in [0.15, 0.2) is 42.5 Å². The number of methoxy groups -OCH3 is 1. The fourth-order valence-electron chi connectivity index (χ4n) is 4.53. The molecule has 0 N–H and O–H groups in total. The van der Waals surface area contributed by atoms with E-state index >= 15 is 0 Å². The maximum atomic E-state index is 13.3. The second-order valence-corrected chi connectivity index (χ2v) is 7.85. The number of hydrogen-bond acceptors (Lipinski definition) is 3. The Bertz CT molecular complexity index is 887. The summed E-state index contributed by atoms with van der Waals surface area (Å²) >= 11 is 0. The van der Waals surface area contributed by atoms with Crippen LogP contribution in [-0.2, 0) is 28.9 Å². The van der Waals surface area contributed by atoms with E-state index in [0.717, 1.165) is 36.9 Å². The first-order chi connectivity index (χ1) is 13.0. The topological polar surface area (TPSA) is 46.6 Å². The van der Waals surface area contributed by atoms with Crippen LogP contribution in [0.1, 0.15) is 45.5 Å². The van der Waals surface area contributed by atoms with Gasteiger partial charge >= 0.3 is 5.97 Å². The van der Waals surface area contributed by atoms with Gasteiger partial charge in [-0.3, -0.25) is 4.79 Å². The Balaban J connectivity index is 1.58. The maximum absolute atomic E-state index is 13.3. The van der Waals surface area contributed by atoms with E-state index in [-0.39, 0.29) is 17.3 Å². The van der Waals surface area contributed by atoms with Crippen molar-refractivity contribution in [2.75, 3.05) is 13.7 Å². The van der Waals surface area contributed by atoms with E-state index in [0.29, 0.717) is 18.5 Å². The summed E-state index contributed by atoms with van der Waals surface area (Å²) in [5.74, 6) is -0.0840. The first kappa shape index (κ1) is 17.8. The minimum Gasteiger partial charge on any atom is -0.465 e. The molecule has 1 unspecified atom stereocenters. The van der Waals surface area contributed by atoms with E-state index in [4.69, 9.17) is 4.74 Å². The molecule has 4 rings (SSSR count). The van der Waals surface area contributed by atoms with Gasteiger partial charge in [0.15, 0.2) is 0 Å². The van der Waals surface area contributed by atoms with Crippen LogP contribution in [-0.4, -0.2) is 30.4 Å². The molecular weight excluding hydrogens is 338 g/mol. The van der Waals surface area contributed by atoms with Crippen LogP contribution in [0.25, 0.3) is 0 Å². The van der Waals surface area contributed by atoms with E-state index in [1.807, 2.05) is 17.0 Å². The lowest BCUT2D eigenvalue weighted by Crippen LogP contribution is -2.39. The number of amides is 1. The van der Waals surface area contributed by atoms with Gasteiger partial charge in [0.05, 0.1) is 18.1 Å². The number of likely N-dealkylation sites (tertiary alicyclic amines) is 1. The molecule has 4 heteroatoms. The molecule has 1 heterocycles. The number of fused-ring (bicyclic) bond motifs is 1. The predicted molar refractivity (Wildman–Crippen MR) is 103 cm³/mol. The lowest BCUT2D eigenvalue weighted by atomic mass is 9.69. The van der Waals surface area contributed by atoms with Crippen molar-refractivity contribution in [3.8, 4) is 0 Å². The van der Waals surface area contributed by atoms with Crippen LogP contribution in [0.5, 0.6) is 0 Å². The largest absolute Gasteiger partial charge is 0.465 e. The molecule has 0 aromatic heterocycles. The second-order valence-electron chi connectivity index (χ2n) is 7.85. The Labute approximate surface area is 160 Å². The maximum Gasteiger partial charge on any atom is 0.338 e. The first-order valence-corrected chi connectivity index (χ1v) is 9.56. The molecule has 1 fully saturated rings. The van der Waals surface area contributed by atoms with Gasteiger partial charge in [-0.2, -0.15) is 0 Å². The molecule has 1 aliphatic heterocycles. The van der Waals surface area contributed by atoms with E-state index in [2.05, 4.69) is 37.3 Å². The van der Waals surface area contributed by atoms with Crippen LogP contribution in [0.3, 0.4) is 0 Å². The number of hydrogen-bond donors (Lipinski definition) is 0. The minimum atomic E-state index is -0.373. The Morgan fingerprint density at radius 1 is 1.15 bits per heavy atom. The van der Waals surface area contributed by atoms with E-state index in [9.17, 15) is 9.59 Å². The zero-order valence-electron chi connectivity index (χ0n) is 16.0. The summed E-state index contributed by atoms with van der Waals surface area (Å²) < 4.78 is 4.96. The third kappa shape index (κ3) is 3.14. The molecule has 140 valence electrons. The number of ether oxygens (including phenoxy) is 1. The molecule has 0 radical (unpaired) electrons. The first-order valence-electron chi connectivity index (χ1n) is 9.56. The van der Waals surface area contributed by atoms with Crippen LogP contribution >= 0.6 is 0 Å². The number of aryl methyl sites for hydroxylation is 2. The highest BCUT2D eigenvalue weighted by Crippen LogP contribution is 2.45. The molecule has 2 aromatic rings. The van der Waals surface area contributed by atoms with Crippen molar-refractivity contribution in [3.05, 3.63) is 70.3 Å². The van der Waals surface area contributed by atoms with Crippen LogP contribution in [0.4, 0.5) is 0 Å². The van der Waals surface area contributed by atoms with Gasteiger partial charge in [0.25, 0.3) is 0 Å². The highest BCUT2D eigenvalue weighted by atomic mass is 16.5. The number of esters is 1. The third-order valence-electron chi connectivity index (χ3n) is 6.16. The summed E-state index contributed by atoms with van der Waals surface area (Å²) in [6.45, 7) is 3.51. The van der Waals surface area contributed by atoms with Gasteiger partial charge in [0.1, 0.15) is 0 Å². The molecule has 1 atom stereocenters. The molecule has 2 aromatic carbocycles. The molecular formula is C23H25NO3. The van der Waals surface area contributed by atoms with Crippen molar-refractivity contribution in [2.24, 2.45) is 5.41 Å². The van der Waals surface area contributed by atoms with Crippen molar-refractivity contribution in [3.63, 3.8) is 0 Å². The fraction of sp³-hybridized carbons (Fsp3) is 0.391. The van der Waals surface area contributed by atoms with Crippen LogP contribution in [0, 0.1) is 12.3 Å². The summed E-state index contributed by atoms with van der Waals surface area (Å²) in [5.41, 5.74) is 4.80. The third-order valence-corrected chi connectivity index (χ3v) is 6.16. The van der Waals surface area contributed by atoms with Crippen LogP contribution in [0.2, 0.25) is 0 Å². The number of rotatable bonds is 3. The summed E-state index contributed by atoms with van der Waals surface area (Å²) in [6, 6.07) is 14.2. The van der Waals surface area contributed by atoms with Gasteiger partial charge in [0, 0.05) is 13.1 Å². The van der Waals surface area contributed by atoms with E-state index < -0.39 is 0 Å². The number of carbonyl (C=O) groups excluding carboxylic acids is 2. The highest BCUT2D eigenvalue weighted by molar-refractivity contribution is 5.92. The van der Waals surface area contributed by atoms with E-state index in [1.165, 1.54) is 18.2 Å². The van der Waals surface area contributed by atoms with Crippen molar-refractivity contribution in [1.82, 2.24) is 4.90 Å². The molecule has 1 amide bonds. The van der Waals surface area contributed by atoms with Gasteiger partial charge in [-0.25, -0.2) is 4.79 Å². The lowest BCUT2D eigenvalue weighted by Gasteiger charge is -2.34. The Morgan fingerprint density at radius 2 is 1.93 bits per heavy atom. The predicted octanol–water partition coefficient (Wildman–Crippen LogP) is 3.69. The zero-order chi connectivity index (χ0) is 19.0. The minimum absolute atomic E-state index is 0.230. The van der Waals surface area contributed by atoms with Crippen molar-refractivity contribution < 1.29 is 14.3 Å². The molecule has 0 saturated carbocycles. The lowest BCUT2D eigenvalue weighted by molar-refractivity contribution is -0.137. The van der Waals surface area contributed by atoms with Crippen molar-refractivity contribution in [1.29, 1.82) is 0 Å². The summed E-state index contributed by atoms with van der Waals surface area (Å²) in [7, 11) is 1.41. The highest BCUT2D eigenvalue weighted by Gasteiger charge is 2.48. The average molecular weight is 363 g/mol. The van der Waals surface area contributed by atoms with Gasteiger partial charge in [-0.15, -0.1) is 0 Å². The monoisotopic (exact) mass is 363 g/mol. The Morgan fingerprint density at radius 3 is 2.67 bits per heavy atom. The van der Waals surface area contributed by atoms with Crippen LogP contribution < -0.4 is 0 Å². The standard InChI is InChI=1S/C23H25NO3/c1-16-6-8-17(9-7-16)15-24-13-12-23(22(24)26)11-10-18-4-3-5-19(20(18)14-23)21(25)27-2/h3-9H,10-15H2,1-2H3. The number of nitrogens with zero attached hydrogens (tertiary/aromatic N) is 1. The van der Waals surface area contributed by atoms with Gasteiger partial charge in [0.2, 0.25) is 5.91 Å². The quantitative estimate of drug-likeness (QED) is 0.782. The average Bonchev–Trinajstić information content (AvgIpc) is 2.98. The number of benzene rings is 2.